The van der Waals surface area contributed by atoms with Gasteiger partial charge in [-0.1, -0.05) is 12.1 Å². The summed E-state index contributed by atoms with van der Waals surface area (Å²) in [5, 5.41) is 3.54. The van der Waals surface area contributed by atoms with E-state index in [0.717, 1.165) is 39.5 Å². The van der Waals surface area contributed by atoms with Crippen LogP contribution in [0.1, 0.15) is 40.5 Å². The van der Waals surface area contributed by atoms with Crippen molar-refractivity contribution >= 4 is 19.0 Å². The summed E-state index contributed by atoms with van der Waals surface area (Å²) in [7, 11) is -0.548. The van der Waals surface area contributed by atoms with Crippen LogP contribution in [0.15, 0.2) is 0 Å². The zero-order valence-electron chi connectivity index (χ0n) is 15.8. The number of hydrogen-bond donors (Lipinski definition) is 1. The van der Waals surface area contributed by atoms with Crippen molar-refractivity contribution in [1.29, 1.82) is 0 Å². The minimum absolute atomic E-state index is 0.116. The average Bonchev–Trinajstić information content (AvgIpc) is 2.54. The van der Waals surface area contributed by atoms with Crippen LogP contribution in [0.3, 0.4) is 0 Å². The van der Waals surface area contributed by atoms with E-state index in [1.807, 2.05) is 27.7 Å². The van der Waals surface area contributed by atoms with E-state index in [1.54, 1.807) is 0 Å². The Hall–Kier alpha value is 0.234. The third kappa shape index (κ3) is 15.5. The normalized spacial score (nSPS) is 12.8. The number of rotatable bonds is 18. The highest BCUT2D eigenvalue weighted by Gasteiger charge is 2.08. The molecule has 0 aliphatic carbocycles. The summed E-state index contributed by atoms with van der Waals surface area (Å²) in [4.78, 5) is 0. The Morgan fingerprint density at radius 3 is 1.30 bits per heavy atom. The SMILES string of the molecule is CCOC(OCC)[SiH2]CCCNCCC[SiH2]C(OCC)OCC. The predicted octanol–water partition coefficient (Wildman–Crippen LogP) is 1.24. The topological polar surface area (TPSA) is 49.0 Å². The Balaban J connectivity index is 3.41. The second-order valence-corrected chi connectivity index (χ2v) is 9.32. The first-order valence-electron chi connectivity index (χ1n) is 9.45. The summed E-state index contributed by atoms with van der Waals surface area (Å²) < 4.78 is 22.4. The third-order valence-electron chi connectivity index (χ3n) is 3.50. The first kappa shape index (κ1) is 23.2. The number of nitrogens with one attached hydrogen (secondary N) is 1. The number of hydrogen-bond acceptors (Lipinski definition) is 5. The summed E-state index contributed by atoms with van der Waals surface area (Å²) in [5.74, 6) is 0.232. The molecule has 140 valence electrons. The van der Waals surface area contributed by atoms with Gasteiger partial charge in [-0.3, -0.25) is 0 Å². The lowest BCUT2D eigenvalue weighted by Gasteiger charge is -2.16. The molecule has 0 spiro atoms. The van der Waals surface area contributed by atoms with Gasteiger partial charge in [0.05, 0.1) is 19.0 Å². The van der Waals surface area contributed by atoms with Crippen molar-refractivity contribution in [2.75, 3.05) is 39.5 Å². The van der Waals surface area contributed by atoms with E-state index in [0.29, 0.717) is 0 Å². The molecule has 0 aliphatic heterocycles. The van der Waals surface area contributed by atoms with Crippen LogP contribution in [0.25, 0.3) is 0 Å². The van der Waals surface area contributed by atoms with Crippen LogP contribution >= 0.6 is 0 Å². The zero-order chi connectivity index (χ0) is 17.2. The maximum Gasteiger partial charge on any atom is 0.134 e. The van der Waals surface area contributed by atoms with Crippen LogP contribution in [0.5, 0.6) is 0 Å². The highest BCUT2D eigenvalue weighted by Crippen LogP contribution is 2.00. The lowest BCUT2D eigenvalue weighted by Crippen LogP contribution is -2.26. The summed E-state index contributed by atoms with van der Waals surface area (Å²) in [5.41, 5.74) is 0. The Morgan fingerprint density at radius 2 is 1.00 bits per heavy atom. The van der Waals surface area contributed by atoms with E-state index in [2.05, 4.69) is 5.32 Å². The molecule has 0 radical (unpaired) electrons. The molecule has 0 heterocycles. The van der Waals surface area contributed by atoms with E-state index in [9.17, 15) is 0 Å². The molecule has 23 heavy (non-hydrogen) atoms. The first-order chi connectivity index (χ1) is 11.3. The van der Waals surface area contributed by atoms with Crippen molar-refractivity contribution in [3.05, 3.63) is 0 Å². The van der Waals surface area contributed by atoms with E-state index in [-0.39, 0.29) is 30.9 Å². The highest BCUT2D eigenvalue weighted by atomic mass is 28.2. The van der Waals surface area contributed by atoms with Crippen LogP contribution < -0.4 is 5.32 Å². The largest absolute Gasteiger partial charge is 0.357 e. The lowest BCUT2D eigenvalue weighted by molar-refractivity contribution is -0.0829. The fourth-order valence-electron chi connectivity index (χ4n) is 2.42. The molecule has 0 aromatic carbocycles. The second-order valence-electron chi connectivity index (χ2n) is 5.42. The van der Waals surface area contributed by atoms with E-state index in [1.165, 1.54) is 24.9 Å². The van der Waals surface area contributed by atoms with Crippen molar-refractivity contribution in [2.45, 2.75) is 64.5 Å². The number of ether oxygens (including phenoxy) is 4. The van der Waals surface area contributed by atoms with Crippen molar-refractivity contribution in [3.8, 4) is 0 Å². The van der Waals surface area contributed by atoms with Gasteiger partial charge < -0.3 is 24.3 Å². The van der Waals surface area contributed by atoms with Gasteiger partial charge >= 0.3 is 0 Å². The summed E-state index contributed by atoms with van der Waals surface area (Å²) in [6, 6.07) is 2.56. The molecule has 0 unspecified atom stereocenters. The smallest absolute Gasteiger partial charge is 0.134 e. The van der Waals surface area contributed by atoms with Gasteiger partial charge in [0.25, 0.3) is 0 Å². The van der Waals surface area contributed by atoms with Gasteiger partial charge in [-0.2, -0.15) is 0 Å². The molecule has 7 heteroatoms. The molecule has 0 aliphatic rings. The minimum atomic E-state index is -0.274. The van der Waals surface area contributed by atoms with Crippen LogP contribution in [-0.4, -0.2) is 70.4 Å². The molecule has 0 saturated heterocycles. The molecule has 0 bridgehead atoms. The van der Waals surface area contributed by atoms with Gasteiger partial charge in [-0.25, -0.2) is 0 Å². The summed E-state index contributed by atoms with van der Waals surface area (Å²) in [6.07, 6.45) is 2.47. The molecule has 0 rings (SSSR count). The Morgan fingerprint density at radius 1 is 0.652 bits per heavy atom. The van der Waals surface area contributed by atoms with Crippen LogP contribution in [0.2, 0.25) is 12.1 Å². The second kappa shape index (κ2) is 18.6. The zero-order valence-corrected chi connectivity index (χ0v) is 18.6. The van der Waals surface area contributed by atoms with Crippen molar-refractivity contribution in [3.63, 3.8) is 0 Å². The first-order valence-corrected chi connectivity index (χ1v) is 13.1. The lowest BCUT2D eigenvalue weighted by atomic mass is 10.4. The Labute approximate surface area is 147 Å². The summed E-state index contributed by atoms with van der Waals surface area (Å²) >= 11 is 0. The average molecular weight is 366 g/mol. The molecule has 1 N–H and O–H groups in total. The fraction of sp³-hybridized carbons (Fsp3) is 1.00. The fourth-order valence-corrected chi connectivity index (χ4v) is 5.77. The van der Waals surface area contributed by atoms with Gasteiger partial charge in [-0.05, 0) is 53.6 Å². The molecule has 5 nitrogen and oxygen atoms in total. The van der Waals surface area contributed by atoms with Gasteiger partial charge in [0, 0.05) is 26.4 Å². The van der Waals surface area contributed by atoms with E-state index >= 15 is 0 Å². The predicted molar refractivity (Wildman–Crippen MR) is 103 cm³/mol. The molecule has 0 fully saturated rings. The van der Waals surface area contributed by atoms with Gasteiger partial charge in [0.2, 0.25) is 0 Å². The van der Waals surface area contributed by atoms with Gasteiger partial charge in [-0.15, -0.1) is 0 Å². The molecule has 0 atom stereocenters. The monoisotopic (exact) mass is 365 g/mol. The molecular formula is C16H39NO4Si2. The van der Waals surface area contributed by atoms with Crippen LogP contribution in [0, 0.1) is 0 Å². The van der Waals surface area contributed by atoms with E-state index < -0.39 is 0 Å². The maximum absolute atomic E-state index is 5.60. The maximum atomic E-state index is 5.60. The highest BCUT2D eigenvalue weighted by molar-refractivity contribution is 6.36. The molecule has 0 aromatic heterocycles. The van der Waals surface area contributed by atoms with E-state index in [4.69, 9.17) is 18.9 Å². The minimum Gasteiger partial charge on any atom is -0.357 e. The molecule has 0 saturated carbocycles. The van der Waals surface area contributed by atoms with Crippen LogP contribution in [-0.2, 0) is 18.9 Å². The Kier molecular flexibility index (Phi) is 18.8. The van der Waals surface area contributed by atoms with Crippen LogP contribution in [0.4, 0.5) is 0 Å². The standard InChI is InChI=1S/C16H39NO4Si2/c1-5-18-15(19-6-2)22-13-9-11-17-12-10-14-23-16(20-7-3)21-8-4/h15-17H,5-14,22-23H2,1-4H3. The van der Waals surface area contributed by atoms with Crippen molar-refractivity contribution in [2.24, 2.45) is 0 Å². The van der Waals surface area contributed by atoms with Crippen molar-refractivity contribution < 1.29 is 18.9 Å². The summed E-state index contributed by atoms with van der Waals surface area (Å²) in [6.45, 7) is 13.4. The van der Waals surface area contributed by atoms with Crippen molar-refractivity contribution in [1.82, 2.24) is 5.32 Å². The van der Waals surface area contributed by atoms with Gasteiger partial charge in [0.15, 0.2) is 0 Å². The third-order valence-corrected chi connectivity index (χ3v) is 7.20. The molecule has 0 aromatic rings. The molecular weight excluding hydrogens is 326 g/mol. The molecule has 0 amide bonds. The quantitative estimate of drug-likeness (QED) is 0.225. The Bertz CT molecular complexity index is 204. The van der Waals surface area contributed by atoms with Gasteiger partial charge in [0.1, 0.15) is 11.8 Å².